The van der Waals surface area contributed by atoms with E-state index in [1.54, 1.807) is 12.1 Å². The number of hydrogen-bond donors (Lipinski definition) is 1. The fourth-order valence-corrected chi connectivity index (χ4v) is 1.95. The van der Waals surface area contributed by atoms with Crippen LogP contribution in [0, 0.1) is 5.82 Å². The second-order valence-electron chi connectivity index (χ2n) is 4.73. The Morgan fingerprint density at radius 1 is 1.32 bits per heavy atom. The van der Waals surface area contributed by atoms with Crippen molar-refractivity contribution in [2.75, 3.05) is 0 Å². The van der Waals surface area contributed by atoms with E-state index in [4.69, 9.17) is 11.6 Å². The molecule has 102 valence electrons. The molecule has 2 rings (SSSR count). The van der Waals surface area contributed by atoms with E-state index in [-0.39, 0.29) is 10.8 Å². The maximum atomic E-state index is 13.0. The van der Waals surface area contributed by atoms with Crippen molar-refractivity contribution in [2.45, 2.75) is 33.0 Å². The van der Waals surface area contributed by atoms with Gasteiger partial charge in [0.15, 0.2) is 0 Å². The predicted octanol–water partition coefficient (Wildman–Crippen LogP) is 3.55. The van der Waals surface area contributed by atoms with Gasteiger partial charge in [-0.25, -0.2) is 4.39 Å². The van der Waals surface area contributed by atoms with Crippen LogP contribution in [0.3, 0.4) is 0 Å². The van der Waals surface area contributed by atoms with E-state index in [1.165, 1.54) is 6.07 Å². The van der Waals surface area contributed by atoms with Crippen LogP contribution < -0.4 is 5.32 Å². The lowest BCUT2D eigenvalue weighted by Gasteiger charge is -2.05. The molecule has 1 aromatic heterocycles. The van der Waals surface area contributed by atoms with Crippen molar-refractivity contribution in [3.8, 4) is 0 Å². The summed E-state index contributed by atoms with van der Waals surface area (Å²) in [7, 11) is 0. The van der Waals surface area contributed by atoms with Gasteiger partial charge in [-0.3, -0.25) is 4.68 Å². The van der Waals surface area contributed by atoms with E-state index >= 15 is 0 Å². The maximum absolute atomic E-state index is 13.0. The molecule has 5 heteroatoms. The van der Waals surface area contributed by atoms with Crippen LogP contribution in [0.15, 0.2) is 30.5 Å². The van der Waals surface area contributed by atoms with E-state index in [0.717, 1.165) is 11.3 Å². The average Bonchev–Trinajstić information content (AvgIpc) is 2.83. The standard InChI is InChI=1S/C14H17ClFN3/c1-10(2)19-6-5-12(18-19)9-17-8-11-3-4-14(16)13(15)7-11/h3-7,10,17H,8-9H2,1-2H3. The summed E-state index contributed by atoms with van der Waals surface area (Å²) in [6, 6.07) is 7.10. The van der Waals surface area contributed by atoms with Crippen molar-refractivity contribution in [1.29, 1.82) is 0 Å². The van der Waals surface area contributed by atoms with Gasteiger partial charge < -0.3 is 5.32 Å². The summed E-state index contributed by atoms with van der Waals surface area (Å²) in [5, 5.41) is 7.86. The van der Waals surface area contributed by atoms with Gasteiger partial charge in [0.25, 0.3) is 0 Å². The normalized spacial score (nSPS) is 11.2. The first kappa shape index (κ1) is 14.0. The van der Waals surface area contributed by atoms with Crippen molar-refractivity contribution in [3.05, 3.63) is 52.6 Å². The molecule has 0 saturated carbocycles. The second-order valence-corrected chi connectivity index (χ2v) is 5.14. The second kappa shape index (κ2) is 6.17. The average molecular weight is 282 g/mol. The molecule has 0 unspecified atom stereocenters. The molecule has 1 heterocycles. The smallest absolute Gasteiger partial charge is 0.141 e. The Bertz CT molecular complexity index is 551. The lowest BCUT2D eigenvalue weighted by Crippen LogP contribution is -2.13. The summed E-state index contributed by atoms with van der Waals surface area (Å²) in [6.07, 6.45) is 1.97. The van der Waals surface area contributed by atoms with Crippen LogP contribution >= 0.6 is 11.6 Å². The number of halogens is 2. The first-order valence-electron chi connectivity index (χ1n) is 6.25. The van der Waals surface area contributed by atoms with Gasteiger partial charge in [-0.1, -0.05) is 17.7 Å². The van der Waals surface area contributed by atoms with Crippen LogP contribution in [0.1, 0.15) is 31.1 Å². The summed E-state index contributed by atoms with van der Waals surface area (Å²) in [4.78, 5) is 0. The third-order valence-electron chi connectivity index (χ3n) is 2.81. The number of benzene rings is 1. The van der Waals surface area contributed by atoms with Crippen LogP contribution in [0.4, 0.5) is 4.39 Å². The molecule has 1 N–H and O–H groups in total. The number of nitrogens with zero attached hydrogens (tertiary/aromatic N) is 2. The first-order valence-corrected chi connectivity index (χ1v) is 6.62. The van der Waals surface area contributed by atoms with E-state index in [0.29, 0.717) is 19.1 Å². The van der Waals surface area contributed by atoms with E-state index in [2.05, 4.69) is 24.3 Å². The number of aromatic nitrogens is 2. The van der Waals surface area contributed by atoms with E-state index in [9.17, 15) is 4.39 Å². The van der Waals surface area contributed by atoms with Gasteiger partial charge in [0, 0.05) is 25.3 Å². The lowest BCUT2D eigenvalue weighted by atomic mass is 10.2. The molecule has 0 fully saturated rings. The van der Waals surface area contributed by atoms with Crippen LogP contribution in [-0.2, 0) is 13.1 Å². The fourth-order valence-electron chi connectivity index (χ4n) is 1.74. The summed E-state index contributed by atoms with van der Waals surface area (Å²) < 4.78 is 14.9. The number of nitrogens with one attached hydrogen (secondary N) is 1. The molecule has 19 heavy (non-hydrogen) atoms. The highest BCUT2D eigenvalue weighted by Gasteiger charge is 2.03. The molecule has 0 saturated heterocycles. The van der Waals surface area contributed by atoms with Crippen molar-refractivity contribution in [3.63, 3.8) is 0 Å². The Hall–Kier alpha value is -1.39. The van der Waals surface area contributed by atoms with E-state index < -0.39 is 0 Å². The molecule has 0 radical (unpaired) electrons. The van der Waals surface area contributed by atoms with Gasteiger partial charge in [0.1, 0.15) is 5.82 Å². The summed E-state index contributed by atoms with van der Waals surface area (Å²) in [6.45, 7) is 5.48. The Kier molecular flexibility index (Phi) is 4.56. The highest BCUT2D eigenvalue weighted by Crippen LogP contribution is 2.15. The van der Waals surface area contributed by atoms with Gasteiger partial charge in [-0.05, 0) is 37.6 Å². The van der Waals surface area contributed by atoms with Crippen molar-refractivity contribution in [2.24, 2.45) is 0 Å². The molecule has 0 atom stereocenters. The Morgan fingerprint density at radius 2 is 2.11 bits per heavy atom. The molecule has 0 aliphatic rings. The maximum Gasteiger partial charge on any atom is 0.141 e. The third kappa shape index (κ3) is 3.78. The Morgan fingerprint density at radius 3 is 2.74 bits per heavy atom. The molecule has 0 amide bonds. The van der Waals surface area contributed by atoms with Crippen LogP contribution in [0.25, 0.3) is 0 Å². The molecule has 0 aliphatic heterocycles. The van der Waals surface area contributed by atoms with Gasteiger partial charge in [0.05, 0.1) is 10.7 Å². The fraction of sp³-hybridized carbons (Fsp3) is 0.357. The monoisotopic (exact) mass is 281 g/mol. The SMILES string of the molecule is CC(C)n1ccc(CNCc2ccc(F)c(Cl)c2)n1. The van der Waals surface area contributed by atoms with Crippen molar-refractivity contribution in [1.82, 2.24) is 15.1 Å². The predicted molar refractivity (Wildman–Crippen MR) is 74.6 cm³/mol. The molecular weight excluding hydrogens is 265 g/mol. The zero-order chi connectivity index (χ0) is 13.8. The lowest BCUT2D eigenvalue weighted by molar-refractivity contribution is 0.521. The number of rotatable bonds is 5. The Labute approximate surface area is 117 Å². The van der Waals surface area contributed by atoms with Gasteiger partial charge in [0.2, 0.25) is 0 Å². The minimum Gasteiger partial charge on any atom is -0.307 e. The minimum atomic E-state index is -0.388. The van der Waals surface area contributed by atoms with Crippen molar-refractivity contribution >= 4 is 11.6 Å². The minimum absolute atomic E-state index is 0.156. The van der Waals surface area contributed by atoms with Crippen LogP contribution in [-0.4, -0.2) is 9.78 Å². The van der Waals surface area contributed by atoms with Gasteiger partial charge in [-0.2, -0.15) is 5.10 Å². The van der Waals surface area contributed by atoms with Crippen LogP contribution in [0.2, 0.25) is 5.02 Å². The summed E-state index contributed by atoms with van der Waals surface area (Å²) in [5.74, 6) is -0.388. The quantitative estimate of drug-likeness (QED) is 0.908. The molecular formula is C14H17ClFN3. The summed E-state index contributed by atoms with van der Waals surface area (Å²) in [5.41, 5.74) is 1.94. The van der Waals surface area contributed by atoms with Crippen LogP contribution in [0.5, 0.6) is 0 Å². The number of hydrogen-bond acceptors (Lipinski definition) is 2. The highest BCUT2D eigenvalue weighted by molar-refractivity contribution is 6.30. The Balaban J connectivity index is 1.87. The molecule has 1 aromatic carbocycles. The molecule has 0 bridgehead atoms. The molecule has 0 aliphatic carbocycles. The van der Waals surface area contributed by atoms with Gasteiger partial charge >= 0.3 is 0 Å². The largest absolute Gasteiger partial charge is 0.307 e. The topological polar surface area (TPSA) is 29.9 Å². The van der Waals surface area contributed by atoms with Crippen molar-refractivity contribution < 1.29 is 4.39 Å². The zero-order valence-corrected chi connectivity index (χ0v) is 11.8. The molecule has 3 nitrogen and oxygen atoms in total. The summed E-state index contributed by atoms with van der Waals surface area (Å²) >= 11 is 5.73. The zero-order valence-electron chi connectivity index (χ0n) is 11.0. The highest BCUT2D eigenvalue weighted by atomic mass is 35.5. The molecule has 0 spiro atoms. The van der Waals surface area contributed by atoms with Gasteiger partial charge in [-0.15, -0.1) is 0 Å². The van der Waals surface area contributed by atoms with E-state index in [1.807, 2.05) is 16.9 Å². The third-order valence-corrected chi connectivity index (χ3v) is 3.10. The first-order chi connectivity index (χ1) is 9.06. The molecule has 2 aromatic rings.